The van der Waals surface area contributed by atoms with Gasteiger partial charge in [0, 0.05) is 12.4 Å². The SMILES string of the molecule is [Ru+3].c1ccc(-c2ccccn2)nc1.c1cnc2c(c1)c1n[se]nc1c1cccnc12.c1cnc2c(c1)c1n[se]nc1c1cccnc12. The number of rotatable bonds is 1. The predicted octanol–water partition coefficient (Wildman–Crippen LogP) is 5.71. The third kappa shape index (κ3) is 5.96. The summed E-state index contributed by atoms with van der Waals surface area (Å²) in [5, 5.41) is 4.21. The fourth-order valence-electron chi connectivity index (χ4n) is 5.25. The molecule has 0 amide bonds. The van der Waals surface area contributed by atoms with E-state index in [4.69, 9.17) is 0 Å². The summed E-state index contributed by atoms with van der Waals surface area (Å²) in [5.41, 5.74) is 9.41. The van der Waals surface area contributed by atoms with Crippen LogP contribution in [0, 0.1) is 0 Å². The molecule has 0 aliphatic heterocycles. The van der Waals surface area contributed by atoms with Gasteiger partial charge < -0.3 is 0 Å². The summed E-state index contributed by atoms with van der Waals surface area (Å²) in [5.74, 6) is 0. The summed E-state index contributed by atoms with van der Waals surface area (Å²) in [6, 6.07) is 27.5. The van der Waals surface area contributed by atoms with Crippen LogP contribution < -0.4 is 0 Å². The maximum atomic E-state index is 4.51. The van der Waals surface area contributed by atoms with Crippen molar-refractivity contribution < 1.29 is 19.5 Å². The van der Waals surface area contributed by atoms with Gasteiger partial charge in [0.15, 0.2) is 0 Å². The molecule has 0 aliphatic rings. The number of pyridine rings is 6. The minimum atomic E-state index is -0.0325. The molecule has 10 nitrogen and oxygen atoms in total. The minimum absolute atomic E-state index is 0. The molecule has 2 aromatic carbocycles. The van der Waals surface area contributed by atoms with Crippen molar-refractivity contribution >= 4 is 95.6 Å². The van der Waals surface area contributed by atoms with Gasteiger partial charge in [0.1, 0.15) is 0 Å². The van der Waals surface area contributed by atoms with Crippen molar-refractivity contribution in [1.82, 2.24) is 45.8 Å². The summed E-state index contributed by atoms with van der Waals surface area (Å²) < 4.78 is 18.0. The molecule has 0 spiro atoms. The van der Waals surface area contributed by atoms with Gasteiger partial charge in [-0.2, -0.15) is 0 Å². The van der Waals surface area contributed by atoms with E-state index in [0.717, 1.165) is 77.1 Å². The van der Waals surface area contributed by atoms with Crippen molar-refractivity contribution in [1.29, 1.82) is 0 Å². The first-order valence-corrected chi connectivity index (χ1v) is 17.2. The molecular weight excluding hydrogens is 807 g/mol. The molecular formula is C34H20N10RuSe2+3. The normalized spacial score (nSPS) is 10.8. The van der Waals surface area contributed by atoms with E-state index in [1.807, 2.05) is 84.9 Å². The molecule has 0 saturated carbocycles. The Labute approximate surface area is 292 Å². The maximum absolute atomic E-state index is 4.51. The molecule has 0 aliphatic carbocycles. The van der Waals surface area contributed by atoms with Crippen molar-refractivity contribution in [3.05, 3.63) is 122 Å². The van der Waals surface area contributed by atoms with E-state index in [2.05, 4.69) is 45.8 Å². The zero-order chi connectivity index (χ0) is 30.7. The van der Waals surface area contributed by atoms with Crippen LogP contribution in [0.15, 0.2) is 122 Å². The Morgan fingerprint density at radius 2 is 0.596 bits per heavy atom. The zero-order valence-electron chi connectivity index (χ0n) is 24.2. The average molecular weight is 828 g/mol. The van der Waals surface area contributed by atoms with Gasteiger partial charge in [-0.15, -0.1) is 0 Å². The molecule has 8 heterocycles. The van der Waals surface area contributed by atoms with Crippen LogP contribution in [0.5, 0.6) is 0 Å². The predicted molar refractivity (Wildman–Crippen MR) is 182 cm³/mol. The van der Waals surface area contributed by atoms with Crippen molar-refractivity contribution in [3.8, 4) is 11.4 Å². The van der Waals surface area contributed by atoms with Gasteiger partial charge in [-0.1, -0.05) is 12.1 Å². The molecule has 0 bridgehead atoms. The summed E-state index contributed by atoms with van der Waals surface area (Å²) >= 11 is -0.0650. The number of hydrogen-bond acceptors (Lipinski definition) is 10. The first kappa shape index (κ1) is 30.9. The number of benzene rings is 2. The Balaban J connectivity index is 0.000000113. The molecule has 0 atom stereocenters. The van der Waals surface area contributed by atoms with Gasteiger partial charge in [0.25, 0.3) is 0 Å². The third-order valence-corrected chi connectivity index (χ3v) is 9.49. The van der Waals surface area contributed by atoms with Gasteiger partial charge in [-0.3, -0.25) is 9.97 Å². The molecule has 8 aromatic heterocycles. The van der Waals surface area contributed by atoms with Gasteiger partial charge >= 0.3 is 224 Å². The van der Waals surface area contributed by atoms with Crippen LogP contribution in [0.4, 0.5) is 0 Å². The standard InChI is InChI=1S/2C12H6N4Se.C10H8N2.Ru/c2*1-3-7-9(13-5-1)10-8(4-2-6-14-10)12-11(7)15-17-16-12;1-3-7-11-9(5-1)10-6-2-4-8-12-10;/h2*1-6H;1-8H;/q;;;+3. The van der Waals surface area contributed by atoms with Crippen molar-refractivity contribution in [2.75, 3.05) is 0 Å². The monoisotopic (exact) mass is 830 g/mol. The fourth-order valence-corrected chi connectivity index (χ4v) is 7.66. The molecule has 10 aromatic rings. The summed E-state index contributed by atoms with van der Waals surface area (Å²) in [7, 11) is 0. The molecule has 47 heavy (non-hydrogen) atoms. The van der Waals surface area contributed by atoms with Crippen LogP contribution in [0.1, 0.15) is 0 Å². The first-order valence-electron chi connectivity index (χ1n) is 14.2. The van der Waals surface area contributed by atoms with Crippen LogP contribution in [0.3, 0.4) is 0 Å². The van der Waals surface area contributed by atoms with E-state index in [1.54, 1.807) is 37.2 Å². The van der Waals surface area contributed by atoms with Crippen molar-refractivity contribution in [2.24, 2.45) is 0 Å². The molecule has 1 radical (unpaired) electrons. The Morgan fingerprint density at radius 3 is 0.872 bits per heavy atom. The Hall–Kier alpha value is -4.76. The number of fused-ring (bicyclic) bond motifs is 12. The third-order valence-electron chi connectivity index (χ3n) is 7.27. The summed E-state index contributed by atoms with van der Waals surface area (Å²) in [4.78, 5) is 26.1. The van der Waals surface area contributed by atoms with Gasteiger partial charge in [-0.25, -0.2) is 0 Å². The summed E-state index contributed by atoms with van der Waals surface area (Å²) in [6.07, 6.45) is 10.7. The van der Waals surface area contributed by atoms with Crippen molar-refractivity contribution in [3.63, 3.8) is 0 Å². The molecule has 0 unspecified atom stereocenters. The molecule has 13 heteroatoms. The van der Waals surface area contributed by atoms with E-state index in [9.17, 15) is 0 Å². The van der Waals surface area contributed by atoms with Gasteiger partial charge in [0.05, 0.1) is 11.4 Å². The van der Waals surface area contributed by atoms with Crippen LogP contribution >= 0.6 is 0 Å². The Bertz CT molecular complexity index is 2290. The first-order chi connectivity index (χ1) is 22.9. The van der Waals surface area contributed by atoms with Gasteiger partial charge in [0.2, 0.25) is 0 Å². The Kier molecular flexibility index (Phi) is 9.15. The van der Waals surface area contributed by atoms with E-state index in [1.165, 1.54) is 0 Å². The van der Waals surface area contributed by atoms with E-state index in [0.29, 0.717) is 0 Å². The molecule has 223 valence electrons. The van der Waals surface area contributed by atoms with E-state index < -0.39 is 0 Å². The molecule has 0 N–H and O–H groups in total. The quantitative estimate of drug-likeness (QED) is 0.150. The van der Waals surface area contributed by atoms with Crippen LogP contribution in [0.25, 0.3) is 77.1 Å². The number of hydrogen-bond donors (Lipinski definition) is 0. The van der Waals surface area contributed by atoms with Crippen molar-refractivity contribution in [2.45, 2.75) is 0 Å². The van der Waals surface area contributed by atoms with E-state index in [-0.39, 0.29) is 49.4 Å². The second kappa shape index (κ2) is 13.9. The molecule has 10 rings (SSSR count). The van der Waals surface area contributed by atoms with Crippen LogP contribution in [-0.4, -0.2) is 75.7 Å². The zero-order valence-corrected chi connectivity index (χ0v) is 29.4. The second-order valence-corrected chi connectivity index (χ2v) is 12.2. The van der Waals surface area contributed by atoms with E-state index >= 15 is 0 Å². The second-order valence-electron chi connectivity index (χ2n) is 9.95. The van der Waals surface area contributed by atoms with Gasteiger partial charge in [-0.05, 0) is 24.3 Å². The molecule has 0 saturated heterocycles. The topological polar surface area (TPSA) is 129 Å². The fraction of sp³-hybridized carbons (Fsp3) is 0. The van der Waals surface area contributed by atoms with Crippen LogP contribution in [-0.2, 0) is 19.5 Å². The summed E-state index contributed by atoms with van der Waals surface area (Å²) in [6.45, 7) is 0. The average Bonchev–Trinajstić information content (AvgIpc) is 3.85. The number of nitrogens with zero attached hydrogens (tertiary/aromatic N) is 10. The number of aromatic nitrogens is 10. The molecule has 0 fully saturated rings. The Morgan fingerprint density at radius 1 is 0.298 bits per heavy atom. The van der Waals surface area contributed by atoms with Crippen LogP contribution in [0.2, 0.25) is 0 Å².